The quantitative estimate of drug-likeness (QED) is 0.504. The molecule has 10 heteroatoms. The Kier molecular flexibility index (Phi) is 8.79. The van der Waals surface area contributed by atoms with Crippen molar-refractivity contribution in [2.24, 2.45) is 0 Å². The predicted octanol–water partition coefficient (Wildman–Crippen LogP) is 2.66. The van der Waals surface area contributed by atoms with E-state index in [9.17, 15) is 18.6 Å². The summed E-state index contributed by atoms with van der Waals surface area (Å²) >= 11 is 0. The van der Waals surface area contributed by atoms with Crippen LogP contribution in [0.1, 0.15) is 37.8 Å². The number of ether oxygens (including phenoxy) is 4. The van der Waals surface area contributed by atoms with Gasteiger partial charge in [-0.15, -0.1) is 0 Å². The Hall–Kier alpha value is -1.89. The predicted molar refractivity (Wildman–Crippen MR) is 129 cm³/mol. The molecule has 2 aliphatic rings. The Morgan fingerprint density at radius 2 is 1.61 bits per heavy atom. The van der Waals surface area contributed by atoms with E-state index in [1.165, 1.54) is 12.1 Å². The van der Waals surface area contributed by atoms with Gasteiger partial charge in [-0.05, 0) is 38.5 Å². The van der Waals surface area contributed by atoms with Gasteiger partial charge in [0.25, 0.3) is 10.1 Å². The number of rotatable bonds is 8. The van der Waals surface area contributed by atoms with E-state index in [0.717, 1.165) is 11.1 Å². The van der Waals surface area contributed by atoms with Crippen molar-refractivity contribution in [2.45, 2.75) is 94.3 Å². The van der Waals surface area contributed by atoms with Crippen molar-refractivity contribution in [1.29, 1.82) is 0 Å². The summed E-state index contributed by atoms with van der Waals surface area (Å²) in [6.45, 7) is 5.51. The van der Waals surface area contributed by atoms with E-state index < -0.39 is 59.3 Å². The third-order valence-electron chi connectivity index (χ3n) is 6.47. The summed E-state index contributed by atoms with van der Waals surface area (Å²) in [5.74, 6) is 0. The van der Waals surface area contributed by atoms with Gasteiger partial charge >= 0.3 is 0 Å². The molecule has 0 radical (unpaired) electrons. The Bertz CT molecular complexity index is 1080. The molecular formula is C26H34O9S. The van der Waals surface area contributed by atoms with E-state index in [-0.39, 0.29) is 17.7 Å². The van der Waals surface area contributed by atoms with Gasteiger partial charge in [-0.3, -0.25) is 4.18 Å². The maximum atomic E-state index is 13.0. The van der Waals surface area contributed by atoms with Crippen molar-refractivity contribution < 1.29 is 41.8 Å². The molecule has 198 valence electrons. The summed E-state index contributed by atoms with van der Waals surface area (Å²) in [7, 11) is -4.12. The van der Waals surface area contributed by atoms with E-state index in [4.69, 9.17) is 23.1 Å². The fourth-order valence-corrected chi connectivity index (χ4v) is 5.58. The normalized spacial score (nSPS) is 33.4. The van der Waals surface area contributed by atoms with Crippen molar-refractivity contribution in [1.82, 2.24) is 0 Å². The number of hydrogen-bond acceptors (Lipinski definition) is 9. The van der Waals surface area contributed by atoms with Gasteiger partial charge in [-0.1, -0.05) is 48.0 Å². The van der Waals surface area contributed by atoms with Crippen molar-refractivity contribution in [2.75, 3.05) is 0 Å². The van der Waals surface area contributed by atoms with Gasteiger partial charge in [0.1, 0.15) is 12.2 Å². The summed E-state index contributed by atoms with van der Waals surface area (Å²) in [5, 5.41) is 20.8. The summed E-state index contributed by atoms with van der Waals surface area (Å²) < 4.78 is 54.9. The van der Waals surface area contributed by atoms with Crippen LogP contribution in [-0.2, 0) is 39.9 Å². The molecule has 4 rings (SSSR count). The lowest BCUT2D eigenvalue weighted by Gasteiger charge is -2.42. The van der Waals surface area contributed by atoms with Gasteiger partial charge in [0.05, 0.1) is 35.9 Å². The largest absolute Gasteiger partial charge is 0.388 e. The molecule has 2 fully saturated rings. The first-order chi connectivity index (χ1) is 17.1. The van der Waals surface area contributed by atoms with Crippen LogP contribution in [0.25, 0.3) is 0 Å². The minimum absolute atomic E-state index is 0.00917. The van der Waals surface area contributed by atoms with Gasteiger partial charge in [-0.2, -0.15) is 8.42 Å². The zero-order valence-electron chi connectivity index (χ0n) is 20.6. The molecule has 0 aliphatic carbocycles. The van der Waals surface area contributed by atoms with Crippen LogP contribution >= 0.6 is 0 Å². The standard InChI is InChI=1S/C26H34O9S/c1-16-9-11-20(12-10-16)36(29,30)35-26-18(3)32-23(27)13-22(26)34-24-14-21(25(28)17(2)33-24)31-15-19-7-5-4-6-8-19/h4-12,17-18,21-28H,13-15H2,1-3H3/t17-,18-,21-,22-,23+,24+,25-,26-/m1/s1. The maximum Gasteiger partial charge on any atom is 0.297 e. The van der Waals surface area contributed by atoms with Crippen LogP contribution in [0.2, 0.25) is 0 Å². The zero-order valence-corrected chi connectivity index (χ0v) is 21.4. The molecule has 2 aromatic rings. The maximum absolute atomic E-state index is 13.0. The minimum Gasteiger partial charge on any atom is -0.388 e. The Morgan fingerprint density at radius 3 is 2.31 bits per heavy atom. The lowest BCUT2D eigenvalue weighted by Crippen LogP contribution is -2.54. The summed E-state index contributed by atoms with van der Waals surface area (Å²) in [4.78, 5) is 0.0187. The number of hydrogen-bond donors (Lipinski definition) is 2. The van der Waals surface area contributed by atoms with Crippen LogP contribution in [0, 0.1) is 6.92 Å². The summed E-state index contributed by atoms with van der Waals surface area (Å²) in [6.07, 6.45) is -6.37. The average Bonchev–Trinajstić information content (AvgIpc) is 2.83. The second kappa shape index (κ2) is 11.7. The van der Waals surface area contributed by atoms with E-state index in [1.54, 1.807) is 26.0 Å². The van der Waals surface area contributed by atoms with Crippen LogP contribution < -0.4 is 0 Å². The average molecular weight is 523 g/mol. The van der Waals surface area contributed by atoms with Crippen molar-refractivity contribution >= 4 is 10.1 Å². The Morgan fingerprint density at radius 1 is 0.917 bits per heavy atom. The van der Waals surface area contributed by atoms with Gasteiger partial charge in [-0.25, -0.2) is 0 Å². The molecule has 8 atom stereocenters. The highest BCUT2D eigenvalue weighted by molar-refractivity contribution is 7.86. The molecule has 2 N–H and O–H groups in total. The first-order valence-corrected chi connectivity index (χ1v) is 13.5. The van der Waals surface area contributed by atoms with Gasteiger partial charge in [0, 0.05) is 12.8 Å². The van der Waals surface area contributed by atoms with E-state index in [0.29, 0.717) is 6.61 Å². The zero-order chi connectivity index (χ0) is 25.9. The number of aliphatic hydroxyl groups excluding tert-OH is 2. The van der Waals surface area contributed by atoms with Crippen LogP contribution in [0.3, 0.4) is 0 Å². The molecule has 0 bridgehead atoms. The third-order valence-corrected chi connectivity index (χ3v) is 7.79. The summed E-state index contributed by atoms with van der Waals surface area (Å²) in [5.41, 5.74) is 1.89. The van der Waals surface area contributed by atoms with E-state index in [2.05, 4.69) is 0 Å². The molecule has 0 saturated carbocycles. The van der Waals surface area contributed by atoms with Crippen molar-refractivity contribution in [3.05, 3.63) is 65.7 Å². The fourth-order valence-electron chi connectivity index (χ4n) is 4.43. The molecule has 2 aromatic carbocycles. The topological polar surface area (TPSA) is 121 Å². The molecule has 0 unspecified atom stereocenters. The van der Waals surface area contributed by atoms with Gasteiger partial charge in [0.2, 0.25) is 0 Å². The summed E-state index contributed by atoms with van der Waals surface area (Å²) in [6, 6.07) is 15.9. The first-order valence-electron chi connectivity index (χ1n) is 12.1. The molecule has 2 saturated heterocycles. The first kappa shape index (κ1) is 27.2. The van der Waals surface area contributed by atoms with Gasteiger partial charge < -0.3 is 29.2 Å². The molecule has 2 heterocycles. The monoisotopic (exact) mass is 522 g/mol. The molecule has 0 spiro atoms. The van der Waals surface area contributed by atoms with Crippen LogP contribution in [0.15, 0.2) is 59.5 Å². The van der Waals surface area contributed by atoms with Gasteiger partial charge in [0.15, 0.2) is 12.6 Å². The molecule has 0 aromatic heterocycles. The smallest absolute Gasteiger partial charge is 0.297 e. The molecule has 36 heavy (non-hydrogen) atoms. The number of aryl methyl sites for hydroxylation is 1. The third kappa shape index (κ3) is 6.70. The molecule has 9 nitrogen and oxygen atoms in total. The molecular weight excluding hydrogens is 488 g/mol. The fraction of sp³-hybridized carbons (Fsp3) is 0.538. The van der Waals surface area contributed by atoms with E-state index >= 15 is 0 Å². The molecule has 2 aliphatic heterocycles. The molecule has 0 amide bonds. The highest BCUT2D eigenvalue weighted by atomic mass is 32.2. The highest BCUT2D eigenvalue weighted by Gasteiger charge is 2.44. The lowest BCUT2D eigenvalue weighted by molar-refractivity contribution is -0.301. The van der Waals surface area contributed by atoms with Crippen LogP contribution in [0.4, 0.5) is 0 Å². The van der Waals surface area contributed by atoms with Crippen molar-refractivity contribution in [3.8, 4) is 0 Å². The Labute approximate surface area is 212 Å². The lowest BCUT2D eigenvalue weighted by atomic mass is 10.0. The van der Waals surface area contributed by atoms with Crippen LogP contribution in [-0.4, -0.2) is 67.8 Å². The second-order valence-corrected chi connectivity index (χ2v) is 10.9. The van der Waals surface area contributed by atoms with Crippen molar-refractivity contribution in [3.63, 3.8) is 0 Å². The second-order valence-electron chi connectivity index (χ2n) is 9.37. The van der Waals surface area contributed by atoms with E-state index in [1.807, 2.05) is 37.3 Å². The highest BCUT2D eigenvalue weighted by Crippen LogP contribution is 2.32. The number of benzene rings is 2. The number of aliphatic hydroxyl groups is 2. The SMILES string of the molecule is Cc1ccc(S(=O)(=O)O[C@@H]2[C@@H](C)O[C@H](O)C[C@H]2O[C@H]2C[C@@H](OCc3ccccc3)[C@H](O)[C@@H](C)O2)cc1. The Balaban J connectivity index is 1.45. The van der Waals surface area contributed by atoms with Crippen LogP contribution in [0.5, 0.6) is 0 Å². The minimum atomic E-state index is -4.12.